The van der Waals surface area contributed by atoms with Gasteiger partial charge in [-0.25, -0.2) is 12.7 Å². The standard InChI is InChI=1S/C9H20ClNO2S/c1-4-5-6-11(3)14(12,13)8-9(2)7-10/h9H,4-8H2,1-3H3. The molecule has 0 aliphatic rings. The molecule has 0 aliphatic heterocycles. The molecule has 0 saturated carbocycles. The molecule has 3 nitrogen and oxygen atoms in total. The monoisotopic (exact) mass is 241 g/mol. The number of halogens is 1. The molecule has 0 rings (SSSR count). The molecule has 0 saturated heterocycles. The van der Waals surface area contributed by atoms with Gasteiger partial charge < -0.3 is 0 Å². The van der Waals surface area contributed by atoms with E-state index in [0.29, 0.717) is 12.4 Å². The Morgan fingerprint density at radius 2 is 2.00 bits per heavy atom. The van der Waals surface area contributed by atoms with Crippen molar-refractivity contribution in [2.45, 2.75) is 26.7 Å². The molecule has 1 unspecified atom stereocenters. The van der Waals surface area contributed by atoms with Crippen LogP contribution < -0.4 is 0 Å². The number of unbranched alkanes of at least 4 members (excludes halogenated alkanes) is 1. The molecule has 0 radical (unpaired) electrons. The van der Waals surface area contributed by atoms with Gasteiger partial charge in [-0.2, -0.15) is 0 Å². The number of alkyl halides is 1. The minimum Gasteiger partial charge on any atom is -0.212 e. The van der Waals surface area contributed by atoms with Crippen molar-refractivity contribution in [3.63, 3.8) is 0 Å². The molecule has 0 fully saturated rings. The van der Waals surface area contributed by atoms with Gasteiger partial charge in [0.25, 0.3) is 0 Å². The van der Waals surface area contributed by atoms with E-state index in [-0.39, 0.29) is 11.7 Å². The van der Waals surface area contributed by atoms with Crippen LogP contribution in [0.25, 0.3) is 0 Å². The number of hydrogen-bond acceptors (Lipinski definition) is 2. The Bertz CT molecular complexity index is 241. The van der Waals surface area contributed by atoms with E-state index in [2.05, 4.69) is 0 Å². The Morgan fingerprint density at radius 1 is 1.43 bits per heavy atom. The summed E-state index contributed by atoms with van der Waals surface area (Å²) in [6.45, 7) is 4.49. The van der Waals surface area contributed by atoms with Gasteiger partial charge in [0.05, 0.1) is 5.75 Å². The van der Waals surface area contributed by atoms with E-state index in [0.717, 1.165) is 12.8 Å². The van der Waals surface area contributed by atoms with Gasteiger partial charge in [-0.05, 0) is 12.3 Å². The van der Waals surface area contributed by atoms with Gasteiger partial charge in [0.1, 0.15) is 0 Å². The molecule has 0 aromatic carbocycles. The second kappa shape index (κ2) is 6.64. The molecule has 0 amide bonds. The summed E-state index contributed by atoms with van der Waals surface area (Å²) >= 11 is 5.58. The van der Waals surface area contributed by atoms with Crippen molar-refractivity contribution >= 4 is 21.6 Å². The summed E-state index contributed by atoms with van der Waals surface area (Å²) in [7, 11) is -1.46. The van der Waals surface area contributed by atoms with Crippen LogP contribution in [0.2, 0.25) is 0 Å². The van der Waals surface area contributed by atoms with E-state index in [9.17, 15) is 8.42 Å². The number of rotatable bonds is 7. The van der Waals surface area contributed by atoms with Crippen molar-refractivity contribution in [2.75, 3.05) is 25.2 Å². The summed E-state index contributed by atoms with van der Waals surface area (Å²) < 4.78 is 24.8. The van der Waals surface area contributed by atoms with Gasteiger partial charge in [-0.1, -0.05) is 20.3 Å². The first kappa shape index (κ1) is 14.2. The van der Waals surface area contributed by atoms with Gasteiger partial charge in [-0.3, -0.25) is 0 Å². The molecule has 0 N–H and O–H groups in total. The lowest BCUT2D eigenvalue weighted by Crippen LogP contribution is -2.32. The predicted octanol–water partition coefficient (Wildman–Crippen LogP) is 1.92. The van der Waals surface area contributed by atoms with Crippen LogP contribution in [-0.2, 0) is 10.0 Å². The van der Waals surface area contributed by atoms with Gasteiger partial charge in [-0.15, -0.1) is 11.6 Å². The fourth-order valence-corrected chi connectivity index (χ4v) is 2.79. The van der Waals surface area contributed by atoms with Crippen LogP contribution in [0.1, 0.15) is 26.7 Å². The van der Waals surface area contributed by atoms with Crippen LogP contribution in [0.15, 0.2) is 0 Å². The van der Waals surface area contributed by atoms with Crippen LogP contribution >= 0.6 is 11.6 Å². The zero-order valence-corrected chi connectivity index (χ0v) is 10.7. The van der Waals surface area contributed by atoms with Gasteiger partial charge in [0.2, 0.25) is 10.0 Å². The maximum atomic E-state index is 11.7. The SMILES string of the molecule is CCCCN(C)S(=O)(=O)CC(C)CCl. The lowest BCUT2D eigenvalue weighted by Gasteiger charge is -2.18. The quantitative estimate of drug-likeness (QED) is 0.639. The molecule has 0 spiro atoms. The number of hydrogen-bond donors (Lipinski definition) is 0. The molecule has 14 heavy (non-hydrogen) atoms. The molecule has 86 valence electrons. The predicted molar refractivity (Wildman–Crippen MR) is 61.2 cm³/mol. The van der Waals surface area contributed by atoms with Gasteiger partial charge in [0.15, 0.2) is 0 Å². The highest BCUT2D eigenvalue weighted by Gasteiger charge is 2.19. The Morgan fingerprint density at radius 3 is 2.43 bits per heavy atom. The van der Waals surface area contributed by atoms with Crippen molar-refractivity contribution in [3.8, 4) is 0 Å². The number of sulfonamides is 1. The number of nitrogens with zero attached hydrogens (tertiary/aromatic N) is 1. The van der Waals surface area contributed by atoms with Crippen LogP contribution in [0.4, 0.5) is 0 Å². The molecule has 0 bridgehead atoms. The maximum absolute atomic E-state index is 11.7. The molecule has 0 aliphatic carbocycles. The van der Waals surface area contributed by atoms with Crippen molar-refractivity contribution in [1.82, 2.24) is 4.31 Å². The molecule has 1 atom stereocenters. The summed E-state index contributed by atoms with van der Waals surface area (Å²) in [5, 5.41) is 0. The van der Waals surface area contributed by atoms with E-state index >= 15 is 0 Å². The van der Waals surface area contributed by atoms with Crippen molar-refractivity contribution in [1.29, 1.82) is 0 Å². The molecule has 0 aromatic rings. The lowest BCUT2D eigenvalue weighted by atomic mass is 10.3. The van der Waals surface area contributed by atoms with E-state index < -0.39 is 10.0 Å². The van der Waals surface area contributed by atoms with Crippen LogP contribution in [-0.4, -0.2) is 37.9 Å². The van der Waals surface area contributed by atoms with Crippen LogP contribution in [0.5, 0.6) is 0 Å². The smallest absolute Gasteiger partial charge is 0.212 e. The molecule has 5 heteroatoms. The first-order valence-electron chi connectivity index (χ1n) is 4.94. The topological polar surface area (TPSA) is 37.4 Å². The van der Waals surface area contributed by atoms with Gasteiger partial charge in [0, 0.05) is 19.5 Å². The second-order valence-electron chi connectivity index (χ2n) is 3.71. The summed E-state index contributed by atoms with van der Waals surface area (Å²) in [6.07, 6.45) is 1.91. The zero-order chi connectivity index (χ0) is 11.2. The van der Waals surface area contributed by atoms with Gasteiger partial charge >= 0.3 is 0 Å². The molecule has 0 heterocycles. The van der Waals surface area contributed by atoms with Crippen molar-refractivity contribution in [3.05, 3.63) is 0 Å². The first-order valence-corrected chi connectivity index (χ1v) is 7.08. The summed E-state index contributed by atoms with van der Waals surface area (Å²) in [6, 6.07) is 0. The fraction of sp³-hybridized carbons (Fsp3) is 1.00. The molecular formula is C9H20ClNO2S. The van der Waals surface area contributed by atoms with Crippen molar-refractivity contribution in [2.24, 2.45) is 5.92 Å². The largest absolute Gasteiger partial charge is 0.214 e. The third kappa shape index (κ3) is 5.17. The van der Waals surface area contributed by atoms with Crippen molar-refractivity contribution < 1.29 is 8.42 Å². The van der Waals surface area contributed by atoms with Crippen LogP contribution in [0.3, 0.4) is 0 Å². The third-order valence-corrected chi connectivity index (χ3v) is 4.71. The highest BCUT2D eigenvalue weighted by molar-refractivity contribution is 7.89. The average molecular weight is 242 g/mol. The summed E-state index contributed by atoms with van der Waals surface area (Å²) in [4.78, 5) is 0. The molecule has 0 aromatic heterocycles. The Labute approximate surface area is 92.5 Å². The second-order valence-corrected chi connectivity index (χ2v) is 6.14. The van der Waals surface area contributed by atoms with E-state index in [1.165, 1.54) is 4.31 Å². The Kier molecular flexibility index (Phi) is 6.74. The maximum Gasteiger partial charge on any atom is 0.214 e. The zero-order valence-electron chi connectivity index (χ0n) is 9.16. The molecular weight excluding hydrogens is 222 g/mol. The third-order valence-electron chi connectivity index (χ3n) is 2.06. The highest BCUT2D eigenvalue weighted by atomic mass is 35.5. The minimum atomic E-state index is -3.09. The van der Waals surface area contributed by atoms with E-state index in [1.807, 2.05) is 13.8 Å². The highest BCUT2D eigenvalue weighted by Crippen LogP contribution is 2.08. The minimum absolute atomic E-state index is 0.0192. The van der Waals surface area contributed by atoms with E-state index in [1.54, 1.807) is 7.05 Å². The lowest BCUT2D eigenvalue weighted by molar-refractivity contribution is 0.453. The van der Waals surface area contributed by atoms with E-state index in [4.69, 9.17) is 11.6 Å². The summed E-state index contributed by atoms with van der Waals surface area (Å²) in [5.41, 5.74) is 0. The Hall–Kier alpha value is 0.200. The summed E-state index contributed by atoms with van der Waals surface area (Å²) in [5.74, 6) is 0.558. The normalized spacial score (nSPS) is 14.6. The average Bonchev–Trinajstić information content (AvgIpc) is 2.13. The van der Waals surface area contributed by atoms with Crippen LogP contribution in [0, 0.1) is 5.92 Å². The first-order chi connectivity index (χ1) is 6.44. The Balaban J connectivity index is 4.17. The fourth-order valence-electron chi connectivity index (χ4n) is 1.05.